The van der Waals surface area contributed by atoms with Crippen LogP contribution in [-0.4, -0.2) is 50.0 Å². The van der Waals surface area contributed by atoms with Crippen LogP contribution in [-0.2, 0) is 12.0 Å². The Morgan fingerprint density at radius 3 is 2.89 bits per heavy atom. The Hall–Kier alpha value is -2.91. The molecule has 0 aromatic carbocycles. The summed E-state index contributed by atoms with van der Waals surface area (Å²) < 4.78 is 1.78. The van der Waals surface area contributed by atoms with E-state index in [2.05, 4.69) is 30.6 Å². The molecule has 142 valence electrons. The average Bonchev–Trinajstić information content (AvgIpc) is 3.40. The van der Waals surface area contributed by atoms with E-state index in [0.717, 1.165) is 47.2 Å². The Morgan fingerprint density at radius 1 is 1.18 bits per heavy atom. The minimum absolute atomic E-state index is 0.0269. The highest BCUT2D eigenvalue weighted by molar-refractivity contribution is 5.87. The van der Waals surface area contributed by atoms with Crippen LogP contribution in [0.3, 0.4) is 0 Å². The van der Waals surface area contributed by atoms with E-state index < -0.39 is 0 Å². The topological polar surface area (TPSA) is 115 Å². The van der Waals surface area contributed by atoms with Gasteiger partial charge >= 0.3 is 0 Å². The molecule has 10 heteroatoms. The third-order valence-electron chi connectivity index (χ3n) is 7.29. The number of hydrogen-bond donors (Lipinski definition) is 1. The zero-order chi connectivity index (χ0) is 18.3. The zero-order valence-electron chi connectivity index (χ0n) is 15.4. The van der Waals surface area contributed by atoms with Crippen LogP contribution in [0.1, 0.15) is 44.3 Å². The van der Waals surface area contributed by atoms with Crippen molar-refractivity contribution in [3.8, 4) is 0 Å². The highest BCUT2D eigenvalue weighted by Gasteiger charge is 2.59. The maximum absolute atomic E-state index is 4.88. The van der Waals surface area contributed by atoms with E-state index in [1.807, 2.05) is 4.80 Å². The Balaban J connectivity index is 1.29. The monoisotopic (exact) mass is 376 g/mol. The molecule has 0 aliphatic heterocycles. The lowest BCUT2D eigenvalue weighted by molar-refractivity contribution is -0.112. The lowest BCUT2D eigenvalue weighted by Crippen LogP contribution is -2.57. The van der Waals surface area contributed by atoms with Crippen LogP contribution in [0, 0.1) is 17.3 Å². The number of hydrogen-bond acceptors (Lipinski definition) is 7. The molecule has 2 atom stereocenters. The predicted molar refractivity (Wildman–Crippen MR) is 97.0 cm³/mol. The number of aromatic amines is 1. The van der Waals surface area contributed by atoms with Crippen LogP contribution in [0.4, 0.5) is 0 Å². The second-order valence-electron chi connectivity index (χ2n) is 9.26. The van der Waals surface area contributed by atoms with Gasteiger partial charge in [0.2, 0.25) is 0 Å². The molecule has 10 nitrogen and oxygen atoms in total. The molecule has 4 heterocycles. The molecule has 0 amide bonds. The van der Waals surface area contributed by atoms with E-state index in [9.17, 15) is 0 Å². The van der Waals surface area contributed by atoms with Crippen molar-refractivity contribution in [3.05, 3.63) is 24.7 Å². The molecule has 0 unspecified atom stereocenters. The molecule has 4 aromatic heterocycles. The molecule has 4 aromatic rings. The second kappa shape index (κ2) is 4.92. The summed E-state index contributed by atoms with van der Waals surface area (Å²) >= 11 is 0. The quantitative estimate of drug-likeness (QED) is 0.576. The number of nitrogens with zero attached hydrogens (tertiary/aromatic N) is 9. The third-order valence-corrected chi connectivity index (χ3v) is 7.29. The molecule has 8 rings (SSSR count). The molecule has 4 aliphatic rings. The Bertz CT molecular complexity index is 1170. The van der Waals surface area contributed by atoms with Crippen molar-refractivity contribution >= 4 is 16.7 Å². The van der Waals surface area contributed by atoms with Crippen molar-refractivity contribution < 1.29 is 0 Å². The summed E-state index contributed by atoms with van der Waals surface area (Å²) in [6.07, 6.45) is 13.3. The maximum Gasteiger partial charge on any atom is 0.170 e. The molecule has 4 fully saturated rings. The number of tetrazole rings is 1. The van der Waals surface area contributed by atoms with Crippen LogP contribution in [0.5, 0.6) is 0 Å². The fourth-order valence-electron chi connectivity index (χ4n) is 6.92. The number of fused-ring (bicyclic) bond motifs is 3. The van der Waals surface area contributed by atoms with Gasteiger partial charge in [0.05, 0.1) is 17.1 Å². The summed E-state index contributed by atoms with van der Waals surface area (Å²) in [4.78, 5) is 11.2. The van der Waals surface area contributed by atoms with E-state index in [1.54, 1.807) is 23.4 Å². The Labute approximate surface area is 159 Å². The molecular weight excluding hydrogens is 356 g/mol. The normalized spacial score (nSPS) is 34.0. The number of H-pyrrole nitrogens is 1. The van der Waals surface area contributed by atoms with E-state index in [-0.39, 0.29) is 11.0 Å². The molecular formula is C18H20N10. The van der Waals surface area contributed by atoms with E-state index in [0.29, 0.717) is 0 Å². The van der Waals surface area contributed by atoms with Gasteiger partial charge in [-0.1, -0.05) is 0 Å². The first-order chi connectivity index (χ1) is 13.7. The van der Waals surface area contributed by atoms with E-state index in [4.69, 9.17) is 10.1 Å². The number of rotatable bonds is 3. The fraction of sp³-hybridized carbons (Fsp3) is 0.611. The van der Waals surface area contributed by atoms with Crippen LogP contribution in [0.25, 0.3) is 16.7 Å². The van der Waals surface area contributed by atoms with Gasteiger partial charge in [-0.3, -0.25) is 5.10 Å². The van der Waals surface area contributed by atoms with E-state index >= 15 is 0 Å². The first kappa shape index (κ1) is 15.1. The fourth-order valence-corrected chi connectivity index (χ4v) is 6.92. The van der Waals surface area contributed by atoms with Gasteiger partial charge in [-0.25, -0.2) is 14.5 Å². The van der Waals surface area contributed by atoms with Gasteiger partial charge in [0.1, 0.15) is 6.33 Å². The highest BCUT2D eigenvalue weighted by atomic mass is 15.6. The van der Waals surface area contributed by atoms with E-state index in [1.165, 1.54) is 32.1 Å². The summed E-state index contributed by atoms with van der Waals surface area (Å²) in [5.41, 5.74) is 1.83. The smallest absolute Gasteiger partial charge is 0.170 e. The molecule has 0 radical (unpaired) electrons. The molecule has 4 bridgehead atoms. The van der Waals surface area contributed by atoms with Gasteiger partial charge in [-0.05, 0) is 61.0 Å². The zero-order valence-corrected chi connectivity index (χ0v) is 15.4. The Kier molecular flexibility index (Phi) is 2.65. The average molecular weight is 376 g/mol. The van der Waals surface area contributed by atoms with Gasteiger partial charge in [-0.2, -0.15) is 9.90 Å². The Morgan fingerprint density at radius 2 is 2.07 bits per heavy atom. The first-order valence-corrected chi connectivity index (χ1v) is 9.97. The molecule has 0 saturated heterocycles. The minimum Gasteiger partial charge on any atom is -0.261 e. The van der Waals surface area contributed by atoms with Crippen LogP contribution < -0.4 is 0 Å². The summed E-state index contributed by atoms with van der Waals surface area (Å²) in [5, 5.41) is 25.4. The van der Waals surface area contributed by atoms with Crippen molar-refractivity contribution in [3.63, 3.8) is 0 Å². The van der Waals surface area contributed by atoms with Crippen molar-refractivity contribution in [2.45, 2.75) is 50.5 Å². The van der Waals surface area contributed by atoms with Crippen LogP contribution in [0.2, 0.25) is 0 Å². The molecule has 4 saturated carbocycles. The van der Waals surface area contributed by atoms with Gasteiger partial charge < -0.3 is 0 Å². The lowest BCUT2D eigenvalue weighted by Gasteiger charge is -2.61. The van der Waals surface area contributed by atoms with Crippen LogP contribution >= 0.6 is 0 Å². The summed E-state index contributed by atoms with van der Waals surface area (Å²) in [7, 11) is 0. The molecule has 1 N–H and O–H groups in total. The van der Waals surface area contributed by atoms with Gasteiger partial charge in [0.25, 0.3) is 0 Å². The SMILES string of the molecule is c1nnn(C23C[C@@H]4C[C@H](CC(Cc5nc6c7cn[nH]c7ncn6n5)(C4)C2)C3)n1. The molecule has 0 spiro atoms. The first-order valence-electron chi connectivity index (χ1n) is 9.97. The summed E-state index contributed by atoms with van der Waals surface area (Å²) in [6, 6.07) is 0. The number of aromatic nitrogens is 10. The molecule has 4 aliphatic carbocycles. The van der Waals surface area contributed by atoms with Gasteiger partial charge in [-0.15, -0.1) is 15.3 Å². The second-order valence-corrected chi connectivity index (χ2v) is 9.26. The third kappa shape index (κ3) is 1.95. The summed E-state index contributed by atoms with van der Waals surface area (Å²) in [5.74, 6) is 2.39. The van der Waals surface area contributed by atoms with Crippen molar-refractivity contribution in [1.82, 2.24) is 50.0 Å². The standard InChI is InChI=1S/C18H20N10/c1-11-2-17(3-12(1)5-18(4-11,8-17)28-22-9-21-26-28)6-14-23-16-13-7-20-24-15(13)19-10-27(16)25-14/h7,9-12H,1-6,8H2,(H,20,24)/t11-,12-,17?,18?/m1/s1. The largest absolute Gasteiger partial charge is 0.261 e. The van der Waals surface area contributed by atoms with Gasteiger partial charge in [0, 0.05) is 6.42 Å². The van der Waals surface area contributed by atoms with Crippen molar-refractivity contribution in [1.29, 1.82) is 0 Å². The molecule has 28 heavy (non-hydrogen) atoms. The lowest BCUT2D eigenvalue weighted by atomic mass is 9.46. The van der Waals surface area contributed by atoms with Crippen molar-refractivity contribution in [2.24, 2.45) is 17.3 Å². The van der Waals surface area contributed by atoms with Crippen molar-refractivity contribution in [2.75, 3.05) is 0 Å². The maximum atomic E-state index is 4.88. The number of nitrogens with one attached hydrogen (secondary N) is 1. The predicted octanol–water partition coefficient (Wildman–Crippen LogP) is 1.53. The van der Waals surface area contributed by atoms with Gasteiger partial charge in [0.15, 0.2) is 23.4 Å². The highest BCUT2D eigenvalue weighted by Crippen LogP contribution is 2.64. The minimum atomic E-state index is 0.0269. The van der Waals surface area contributed by atoms with Crippen LogP contribution in [0.15, 0.2) is 18.9 Å². The summed E-state index contributed by atoms with van der Waals surface area (Å²) in [6.45, 7) is 0.